The molecule has 1 aromatic carbocycles. The molecule has 0 radical (unpaired) electrons. The lowest BCUT2D eigenvalue weighted by molar-refractivity contribution is 0.100. The van der Waals surface area contributed by atoms with Gasteiger partial charge in [-0.05, 0) is 30.7 Å². The van der Waals surface area contributed by atoms with Crippen LogP contribution in [0.1, 0.15) is 29.3 Å². The van der Waals surface area contributed by atoms with Gasteiger partial charge in [0.25, 0.3) is 0 Å². The van der Waals surface area contributed by atoms with Crippen LogP contribution < -0.4 is 5.73 Å². The number of hydrogen-bond donors (Lipinski definition) is 2. The van der Waals surface area contributed by atoms with E-state index in [0.29, 0.717) is 17.7 Å². The van der Waals surface area contributed by atoms with E-state index >= 15 is 0 Å². The predicted molar refractivity (Wildman–Crippen MR) is 58.0 cm³/mol. The smallest absolute Gasteiger partial charge is 0.248 e. The minimum Gasteiger partial charge on any atom is -0.478 e. The molecule has 0 spiro atoms. The van der Waals surface area contributed by atoms with Crippen molar-refractivity contribution in [1.82, 2.24) is 0 Å². The van der Waals surface area contributed by atoms with Gasteiger partial charge in [-0.15, -0.1) is 0 Å². The fraction of sp³-hybridized carbons (Fsp3) is 0.273. The molecule has 1 aromatic rings. The zero-order valence-electron chi connectivity index (χ0n) is 8.62. The summed E-state index contributed by atoms with van der Waals surface area (Å²) in [5.74, 6) is -0.351. The van der Waals surface area contributed by atoms with Crippen molar-refractivity contribution in [2.75, 3.05) is 6.61 Å². The van der Waals surface area contributed by atoms with Gasteiger partial charge >= 0.3 is 0 Å². The Labute approximate surface area is 88.6 Å². The summed E-state index contributed by atoms with van der Waals surface area (Å²) in [4.78, 5) is 10.8. The van der Waals surface area contributed by atoms with Crippen molar-refractivity contribution in [2.45, 2.75) is 13.3 Å². The summed E-state index contributed by atoms with van der Waals surface area (Å²) >= 11 is 0. The Balaban J connectivity index is 2.71. The second kappa shape index (κ2) is 5.14. The number of hydrogen-bond acceptors (Lipinski definition) is 3. The number of carbonyl (C=O) groups is 1. The highest BCUT2D eigenvalue weighted by molar-refractivity contribution is 5.95. The molecule has 0 saturated carbocycles. The van der Waals surface area contributed by atoms with Crippen LogP contribution in [0.3, 0.4) is 0 Å². The molecule has 0 aliphatic carbocycles. The van der Waals surface area contributed by atoms with Crippen LogP contribution in [0.15, 0.2) is 24.3 Å². The molecule has 0 bridgehead atoms. The third-order valence-electron chi connectivity index (χ3n) is 1.88. The van der Waals surface area contributed by atoms with Gasteiger partial charge in [0.15, 0.2) is 0 Å². The summed E-state index contributed by atoms with van der Waals surface area (Å²) in [5.41, 5.74) is 6.18. The lowest BCUT2D eigenvalue weighted by Crippen LogP contribution is -2.11. The summed E-state index contributed by atoms with van der Waals surface area (Å²) < 4.78 is 5.14. The zero-order valence-corrected chi connectivity index (χ0v) is 8.62. The van der Waals surface area contributed by atoms with Crippen molar-refractivity contribution >= 4 is 11.8 Å². The molecule has 1 rings (SSSR count). The largest absolute Gasteiger partial charge is 0.478 e. The van der Waals surface area contributed by atoms with Gasteiger partial charge in [0.1, 0.15) is 0 Å². The second-order valence-corrected chi connectivity index (χ2v) is 3.12. The van der Waals surface area contributed by atoms with Crippen molar-refractivity contribution in [2.24, 2.45) is 5.73 Å². The minimum atomic E-state index is -0.470. The maximum absolute atomic E-state index is 10.8. The Morgan fingerprint density at radius 2 is 1.87 bits per heavy atom. The summed E-state index contributed by atoms with van der Waals surface area (Å²) in [7, 11) is 0. The van der Waals surface area contributed by atoms with Crippen LogP contribution in [0.2, 0.25) is 0 Å². The van der Waals surface area contributed by atoms with Crippen LogP contribution in [-0.2, 0) is 4.74 Å². The van der Waals surface area contributed by atoms with E-state index in [9.17, 15) is 4.79 Å². The summed E-state index contributed by atoms with van der Waals surface area (Å²) in [6, 6.07) is 6.47. The SMILES string of the molecule is CCCOC(=N)c1ccc(C(N)=O)cc1. The van der Waals surface area contributed by atoms with Gasteiger partial charge in [0, 0.05) is 11.1 Å². The molecule has 0 aromatic heterocycles. The summed E-state index contributed by atoms with van der Waals surface area (Å²) in [6.45, 7) is 2.50. The molecule has 0 fully saturated rings. The molecule has 3 N–H and O–H groups in total. The average molecular weight is 206 g/mol. The normalized spacial score (nSPS) is 9.67. The van der Waals surface area contributed by atoms with Crippen molar-refractivity contribution < 1.29 is 9.53 Å². The monoisotopic (exact) mass is 206 g/mol. The first-order valence-corrected chi connectivity index (χ1v) is 4.76. The van der Waals surface area contributed by atoms with Crippen molar-refractivity contribution in [3.63, 3.8) is 0 Å². The van der Waals surface area contributed by atoms with E-state index in [1.165, 1.54) is 0 Å². The van der Waals surface area contributed by atoms with Gasteiger partial charge < -0.3 is 10.5 Å². The van der Waals surface area contributed by atoms with Crippen molar-refractivity contribution in [1.29, 1.82) is 5.41 Å². The Bertz CT molecular complexity index is 357. The first-order chi connectivity index (χ1) is 7.15. The van der Waals surface area contributed by atoms with Gasteiger partial charge in [-0.1, -0.05) is 6.92 Å². The quantitative estimate of drug-likeness (QED) is 0.579. The Hall–Kier alpha value is -1.84. The number of benzene rings is 1. The van der Waals surface area contributed by atoms with E-state index in [2.05, 4.69) is 0 Å². The molecule has 0 atom stereocenters. The first kappa shape index (κ1) is 11.2. The molecule has 0 heterocycles. The summed E-state index contributed by atoms with van der Waals surface area (Å²) in [5, 5.41) is 7.57. The third-order valence-corrected chi connectivity index (χ3v) is 1.88. The highest BCUT2D eigenvalue weighted by atomic mass is 16.5. The molecule has 0 aliphatic heterocycles. The topological polar surface area (TPSA) is 76.2 Å². The lowest BCUT2D eigenvalue weighted by atomic mass is 10.1. The average Bonchev–Trinajstić information content (AvgIpc) is 2.26. The number of ether oxygens (including phenoxy) is 1. The Kier molecular flexibility index (Phi) is 3.85. The van der Waals surface area contributed by atoms with Crippen molar-refractivity contribution in [3.05, 3.63) is 35.4 Å². The number of nitrogens with two attached hydrogens (primary N) is 1. The first-order valence-electron chi connectivity index (χ1n) is 4.76. The van der Waals surface area contributed by atoms with E-state index in [1.807, 2.05) is 6.92 Å². The van der Waals surface area contributed by atoms with Crippen LogP contribution in [0.25, 0.3) is 0 Å². The van der Waals surface area contributed by atoms with Crippen LogP contribution in [0, 0.1) is 5.41 Å². The molecule has 15 heavy (non-hydrogen) atoms. The highest BCUT2D eigenvalue weighted by Crippen LogP contribution is 2.05. The minimum absolute atomic E-state index is 0.118. The van der Waals surface area contributed by atoms with E-state index < -0.39 is 5.91 Å². The maximum atomic E-state index is 10.8. The number of rotatable bonds is 4. The molecule has 0 aliphatic rings. The van der Waals surface area contributed by atoms with Crippen LogP contribution >= 0.6 is 0 Å². The standard InChI is InChI=1S/C11H14N2O2/c1-2-7-15-11(13)9-5-3-8(4-6-9)10(12)14/h3-6,13H,2,7H2,1H3,(H2,12,14). The number of carbonyl (C=O) groups excluding carboxylic acids is 1. The molecule has 80 valence electrons. The number of nitrogens with one attached hydrogen (secondary N) is 1. The van der Waals surface area contributed by atoms with E-state index in [-0.39, 0.29) is 5.90 Å². The van der Waals surface area contributed by atoms with Gasteiger partial charge in [-0.3, -0.25) is 10.2 Å². The number of amides is 1. The van der Waals surface area contributed by atoms with Gasteiger partial charge in [-0.2, -0.15) is 0 Å². The van der Waals surface area contributed by atoms with Gasteiger partial charge in [-0.25, -0.2) is 0 Å². The lowest BCUT2D eigenvalue weighted by Gasteiger charge is -2.06. The zero-order chi connectivity index (χ0) is 11.3. The number of primary amides is 1. The molecular weight excluding hydrogens is 192 g/mol. The molecular formula is C11H14N2O2. The van der Waals surface area contributed by atoms with Gasteiger partial charge in [0.2, 0.25) is 11.8 Å². The van der Waals surface area contributed by atoms with Crippen molar-refractivity contribution in [3.8, 4) is 0 Å². The fourth-order valence-electron chi connectivity index (χ4n) is 1.07. The molecule has 1 amide bonds. The van der Waals surface area contributed by atoms with Gasteiger partial charge in [0.05, 0.1) is 6.61 Å². The summed E-state index contributed by atoms with van der Waals surface area (Å²) in [6.07, 6.45) is 0.863. The van der Waals surface area contributed by atoms with E-state index in [1.54, 1.807) is 24.3 Å². The molecule has 0 saturated heterocycles. The van der Waals surface area contributed by atoms with E-state index in [0.717, 1.165) is 6.42 Å². The van der Waals surface area contributed by atoms with Crippen LogP contribution in [0.4, 0.5) is 0 Å². The maximum Gasteiger partial charge on any atom is 0.248 e. The second-order valence-electron chi connectivity index (χ2n) is 3.12. The fourth-order valence-corrected chi connectivity index (χ4v) is 1.07. The molecule has 0 unspecified atom stereocenters. The molecule has 4 heteroatoms. The van der Waals surface area contributed by atoms with Crippen LogP contribution in [-0.4, -0.2) is 18.4 Å². The predicted octanol–water partition coefficient (Wildman–Crippen LogP) is 1.54. The Morgan fingerprint density at radius 3 is 2.33 bits per heavy atom. The van der Waals surface area contributed by atoms with Crippen LogP contribution in [0.5, 0.6) is 0 Å². The Morgan fingerprint density at radius 1 is 1.33 bits per heavy atom. The van der Waals surface area contributed by atoms with E-state index in [4.69, 9.17) is 15.9 Å². The third kappa shape index (κ3) is 3.09. The highest BCUT2D eigenvalue weighted by Gasteiger charge is 2.04. The molecule has 4 nitrogen and oxygen atoms in total.